The molecular formula is C19H20ClN3O2. The Labute approximate surface area is 152 Å². The first kappa shape index (κ1) is 17.4. The molecule has 1 fully saturated rings. The van der Waals surface area contributed by atoms with Crippen molar-refractivity contribution in [2.75, 3.05) is 18.4 Å². The van der Waals surface area contributed by atoms with Crippen molar-refractivity contribution in [2.45, 2.75) is 26.2 Å². The van der Waals surface area contributed by atoms with Crippen LogP contribution in [-0.2, 0) is 0 Å². The van der Waals surface area contributed by atoms with Crippen LogP contribution in [0.25, 0.3) is 0 Å². The second-order valence-corrected chi connectivity index (χ2v) is 6.53. The Morgan fingerprint density at radius 3 is 2.48 bits per heavy atom. The van der Waals surface area contributed by atoms with Crippen LogP contribution in [0.5, 0.6) is 0 Å². The van der Waals surface area contributed by atoms with Crippen LogP contribution >= 0.6 is 11.6 Å². The Bertz CT molecular complexity index is 801. The number of pyridine rings is 1. The fraction of sp³-hybridized carbons (Fsp3) is 0.316. The Morgan fingerprint density at radius 1 is 1.04 bits per heavy atom. The number of hydrogen-bond donors (Lipinski definition) is 1. The lowest BCUT2D eigenvalue weighted by Crippen LogP contribution is -2.36. The summed E-state index contributed by atoms with van der Waals surface area (Å²) in [5, 5.41) is 3.39. The van der Waals surface area contributed by atoms with Gasteiger partial charge in [0.25, 0.3) is 11.8 Å². The molecule has 1 saturated heterocycles. The predicted molar refractivity (Wildman–Crippen MR) is 98.1 cm³/mol. The first-order valence-corrected chi connectivity index (χ1v) is 8.77. The van der Waals surface area contributed by atoms with E-state index in [1.807, 2.05) is 6.92 Å². The van der Waals surface area contributed by atoms with Crippen molar-refractivity contribution in [3.05, 3.63) is 58.4 Å². The number of piperidine rings is 1. The van der Waals surface area contributed by atoms with Gasteiger partial charge in [-0.1, -0.05) is 23.7 Å². The number of hydrogen-bond acceptors (Lipinski definition) is 3. The lowest BCUT2D eigenvalue weighted by molar-refractivity contribution is 0.0718. The number of amides is 2. The SMILES string of the molecule is Cc1c(Cl)cccc1NC(=O)c1cccc(C(=O)N2CCCCC2)n1. The summed E-state index contributed by atoms with van der Waals surface area (Å²) in [4.78, 5) is 31.1. The van der Waals surface area contributed by atoms with Crippen molar-refractivity contribution in [1.82, 2.24) is 9.88 Å². The van der Waals surface area contributed by atoms with E-state index in [2.05, 4.69) is 10.3 Å². The molecule has 2 amide bonds. The molecule has 2 aromatic rings. The molecule has 1 aliphatic heterocycles. The van der Waals surface area contributed by atoms with E-state index in [4.69, 9.17) is 11.6 Å². The fourth-order valence-corrected chi connectivity index (χ4v) is 3.04. The van der Waals surface area contributed by atoms with E-state index in [-0.39, 0.29) is 17.5 Å². The molecule has 0 radical (unpaired) electrons. The standard InChI is InChI=1S/C19H20ClN3O2/c1-13-14(20)7-5-8-15(13)22-18(24)16-9-6-10-17(21-16)19(25)23-11-3-2-4-12-23/h5-10H,2-4,11-12H2,1H3,(H,22,24). The first-order valence-electron chi connectivity index (χ1n) is 8.39. The number of likely N-dealkylation sites (tertiary alicyclic amines) is 1. The molecule has 1 N–H and O–H groups in total. The molecule has 0 spiro atoms. The molecule has 0 unspecified atom stereocenters. The highest BCUT2D eigenvalue weighted by Gasteiger charge is 2.20. The molecule has 6 heteroatoms. The summed E-state index contributed by atoms with van der Waals surface area (Å²) in [6.07, 6.45) is 3.18. The number of aromatic nitrogens is 1. The zero-order valence-electron chi connectivity index (χ0n) is 14.1. The fourth-order valence-electron chi connectivity index (χ4n) is 2.87. The van der Waals surface area contributed by atoms with Gasteiger partial charge in [-0.25, -0.2) is 4.98 Å². The average molecular weight is 358 g/mol. The van der Waals surface area contributed by atoms with Gasteiger partial charge in [0.15, 0.2) is 0 Å². The second-order valence-electron chi connectivity index (χ2n) is 6.13. The van der Waals surface area contributed by atoms with E-state index in [0.29, 0.717) is 16.4 Å². The predicted octanol–water partition coefficient (Wildman–Crippen LogP) is 3.92. The second kappa shape index (κ2) is 7.66. The molecule has 0 aliphatic carbocycles. The Morgan fingerprint density at radius 2 is 1.72 bits per heavy atom. The van der Waals surface area contributed by atoms with E-state index in [9.17, 15) is 9.59 Å². The van der Waals surface area contributed by atoms with E-state index < -0.39 is 0 Å². The van der Waals surface area contributed by atoms with E-state index >= 15 is 0 Å². The molecular weight excluding hydrogens is 338 g/mol. The lowest BCUT2D eigenvalue weighted by Gasteiger charge is -2.26. The molecule has 2 heterocycles. The minimum Gasteiger partial charge on any atom is -0.337 e. The van der Waals surface area contributed by atoms with Gasteiger partial charge in [0, 0.05) is 23.8 Å². The van der Waals surface area contributed by atoms with Gasteiger partial charge in [0.05, 0.1) is 0 Å². The molecule has 5 nitrogen and oxygen atoms in total. The minimum atomic E-state index is -0.362. The third-order valence-electron chi connectivity index (χ3n) is 4.36. The summed E-state index contributed by atoms with van der Waals surface area (Å²) in [5.74, 6) is -0.480. The van der Waals surface area contributed by atoms with Gasteiger partial charge in [-0.15, -0.1) is 0 Å². The number of anilines is 1. The summed E-state index contributed by atoms with van der Waals surface area (Å²) in [6.45, 7) is 3.33. The molecule has 3 rings (SSSR count). The van der Waals surface area contributed by atoms with Crippen molar-refractivity contribution < 1.29 is 9.59 Å². The number of rotatable bonds is 3. The van der Waals surface area contributed by atoms with Gasteiger partial charge in [0.2, 0.25) is 0 Å². The normalized spacial score (nSPS) is 14.2. The van der Waals surface area contributed by atoms with Gasteiger partial charge in [-0.3, -0.25) is 9.59 Å². The number of benzene rings is 1. The zero-order valence-corrected chi connectivity index (χ0v) is 14.8. The highest BCUT2D eigenvalue weighted by Crippen LogP contribution is 2.23. The number of nitrogens with zero attached hydrogens (tertiary/aromatic N) is 2. The number of nitrogens with one attached hydrogen (secondary N) is 1. The largest absolute Gasteiger partial charge is 0.337 e. The molecule has 1 aromatic heterocycles. The zero-order chi connectivity index (χ0) is 17.8. The first-order chi connectivity index (χ1) is 12.1. The Hall–Kier alpha value is -2.40. The third kappa shape index (κ3) is 3.99. The van der Waals surface area contributed by atoms with Crippen LogP contribution in [0.2, 0.25) is 5.02 Å². The van der Waals surface area contributed by atoms with Gasteiger partial charge in [-0.05, 0) is 56.0 Å². The van der Waals surface area contributed by atoms with Crippen LogP contribution in [0.4, 0.5) is 5.69 Å². The number of carbonyl (C=O) groups is 2. The van der Waals surface area contributed by atoms with Gasteiger partial charge in [-0.2, -0.15) is 0 Å². The smallest absolute Gasteiger partial charge is 0.274 e. The minimum absolute atomic E-state index is 0.117. The Kier molecular flexibility index (Phi) is 5.34. The number of halogens is 1. The van der Waals surface area contributed by atoms with Crippen molar-refractivity contribution >= 4 is 29.1 Å². The van der Waals surface area contributed by atoms with Crippen molar-refractivity contribution in [3.63, 3.8) is 0 Å². The van der Waals surface area contributed by atoms with Crippen molar-refractivity contribution in [2.24, 2.45) is 0 Å². The lowest BCUT2D eigenvalue weighted by atomic mass is 10.1. The van der Waals surface area contributed by atoms with E-state index in [1.165, 1.54) is 0 Å². The maximum absolute atomic E-state index is 12.5. The summed E-state index contributed by atoms with van der Waals surface area (Å²) in [5.41, 5.74) is 1.93. The summed E-state index contributed by atoms with van der Waals surface area (Å²) >= 11 is 6.08. The van der Waals surface area contributed by atoms with Crippen LogP contribution in [0.15, 0.2) is 36.4 Å². The van der Waals surface area contributed by atoms with E-state index in [1.54, 1.807) is 41.3 Å². The Balaban J connectivity index is 1.77. The molecule has 130 valence electrons. The number of carbonyl (C=O) groups excluding carboxylic acids is 2. The molecule has 0 atom stereocenters. The van der Waals surface area contributed by atoms with Gasteiger partial charge in [0.1, 0.15) is 11.4 Å². The molecule has 25 heavy (non-hydrogen) atoms. The molecule has 1 aliphatic rings. The summed E-state index contributed by atoms with van der Waals surface area (Å²) in [7, 11) is 0. The maximum atomic E-state index is 12.5. The average Bonchev–Trinajstić information content (AvgIpc) is 2.65. The highest BCUT2D eigenvalue weighted by atomic mass is 35.5. The molecule has 1 aromatic carbocycles. The monoisotopic (exact) mass is 357 g/mol. The quantitative estimate of drug-likeness (QED) is 0.905. The van der Waals surface area contributed by atoms with Crippen LogP contribution in [0, 0.1) is 6.92 Å². The van der Waals surface area contributed by atoms with Crippen LogP contribution in [-0.4, -0.2) is 34.8 Å². The van der Waals surface area contributed by atoms with Gasteiger partial charge < -0.3 is 10.2 Å². The van der Waals surface area contributed by atoms with Crippen LogP contribution in [0.3, 0.4) is 0 Å². The highest BCUT2D eigenvalue weighted by molar-refractivity contribution is 6.31. The van der Waals surface area contributed by atoms with E-state index in [0.717, 1.165) is 37.9 Å². The summed E-state index contributed by atoms with van der Waals surface area (Å²) < 4.78 is 0. The summed E-state index contributed by atoms with van der Waals surface area (Å²) in [6, 6.07) is 10.3. The maximum Gasteiger partial charge on any atom is 0.274 e. The molecule has 0 saturated carbocycles. The van der Waals surface area contributed by atoms with Crippen molar-refractivity contribution in [3.8, 4) is 0 Å². The molecule has 0 bridgehead atoms. The van der Waals surface area contributed by atoms with Crippen molar-refractivity contribution in [1.29, 1.82) is 0 Å². The van der Waals surface area contributed by atoms with Gasteiger partial charge >= 0.3 is 0 Å². The topological polar surface area (TPSA) is 62.3 Å². The van der Waals surface area contributed by atoms with Crippen LogP contribution < -0.4 is 5.32 Å². The van der Waals surface area contributed by atoms with Crippen LogP contribution in [0.1, 0.15) is 45.8 Å². The third-order valence-corrected chi connectivity index (χ3v) is 4.77.